The predicted octanol–water partition coefficient (Wildman–Crippen LogP) is 3.08. The molecule has 1 heterocycles. The van der Waals surface area contributed by atoms with E-state index in [0.717, 1.165) is 23.3 Å². The van der Waals surface area contributed by atoms with Crippen LogP contribution in [0.15, 0.2) is 53.4 Å². The fourth-order valence-electron chi connectivity index (χ4n) is 3.32. The minimum absolute atomic E-state index is 0.0426. The van der Waals surface area contributed by atoms with Crippen LogP contribution in [-0.4, -0.2) is 43.6 Å². The van der Waals surface area contributed by atoms with Crippen LogP contribution in [0.3, 0.4) is 0 Å². The Bertz CT molecular complexity index is 881. The minimum Gasteiger partial charge on any atom is -0.493 e. The van der Waals surface area contributed by atoms with Crippen LogP contribution < -0.4 is 4.74 Å². The van der Waals surface area contributed by atoms with Crippen molar-refractivity contribution in [2.24, 2.45) is 5.92 Å². The summed E-state index contributed by atoms with van der Waals surface area (Å²) in [6.07, 6.45) is 2.23. The number of benzene rings is 2. The van der Waals surface area contributed by atoms with E-state index < -0.39 is 16.1 Å². The number of aliphatic hydroxyl groups is 1. The van der Waals surface area contributed by atoms with Gasteiger partial charge in [-0.3, -0.25) is 0 Å². The van der Waals surface area contributed by atoms with E-state index in [1.54, 1.807) is 24.6 Å². The van der Waals surface area contributed by atoms with E-state index in [4.69, 9.17) is 4.74 Å². The summed E-state index contributed by atoms with van der Waals surface area (Å²) in [5.41, 5.74) is 2.00. The van der Waals surface area contributed by atoms with Crippen LogP contribution in [0.25, 0.3) is 0 Å². The van der Waals surface area contributed by atoms with Crippen molar-refractivity contribution in [2.75, 3.05) is 19.7 Å². The predicted molar refractivity (Wildman–Crippen MR) is 110 cm³/mol. The first-order valence-electron chi connectivity index (χ1n) is 9.67. The summed E-state index contributed by atoms with van der Waals surface area (Å²) in [5, 5.41) is 10.5. The Morgan fingerprint density at radius 3 is 2.61 bits per heavy atom. The number of sulfonamides is 1. The Morgan fingerprint density at radius 1 is 1.14 bits per heavy atom. The van der Waals surface area contributed by atoms with Gasteiger partial charge in [-0.15, -0.1) is 0 Å². The van der Waals surface area contributed by atoms with Crippen LogP contribution in [0, 0.1) is 12.3 Å². The smallest absolute Gasteiger partial charge is 0.243 e. The highest BCUT2D eigenvalue weighted by atomic mass is 32.2. The first-order valence-corrected chi connectivity index (χ1v) is 11.1. The molecule has 2 aromatic rings. The van der Waals surface area contributed by atoms with Crippen molar-refractivity contribution < 1.29 is 18.3 Å². The quantitative estimate of drug-likeness (QED) is 0.700. The van der Waals surface area contributed by atoms with E-state index in [-0.39, 0.29) is 17.4 Å². The van der Waals surface area contributed by atoms with Gasteiger partial charge < -0.3 is 9.84 Å². The number of hydrogen-bond donors (Lipinski definition) is 1. The van der Waals surface area contributed by atoms with Gasteiger partial charge in [-0.2, -0.15) is 4.31 Å². The number of aliphatic hydroxyl groups excluding tert-OH is 1. The maximum absolute atomic E-state index is 13.2. The van der Waals surface area contributed by atoms with E-state index in [9.17, 15) is 13.5 Å². The SMILES string of the molecule is CC(C)CN(C[C@H](O)[CH]Cc1ccccc1)S(=O)(=O)c1ccc2c(c1)CCO2. The molecule has 6 heteroatoms. The highest BCUT2D eigenvalue weighted by molar-refractivity contribution is 7.89. The fraction of sp³-hybridized carbons (Fsp3) is 0.409. The molecular weight excluding hydrogens is 374 g/mol. The van der Waals surface area contributed by atoms with Crippen LogP contribution in [0.2, 0.25) is 0 Å². The average Bonchev–Trinajstić information content (AvgIpc) is 3.14. The Hall–Kier alpha value is -1.89. The Labute approximate surface area is 168 Å². The van der Waals surface area contributed by atoms with Crippen LogP contribution in [0.5, 0.6) is 5.75 Å². The molecule has 0 bridgehead atoms. The molecule has 1 atom stereocenters. The van der Waals surface area contributed by atoms with E-state index in [0.29, 0.717) is 19.6 Å². The molecule has 3 rings (SSSR count). The van der Waals surface area contributed by atoms with Crippen molar-refractivity contribution in [2.45, 2.75) is 37.7 Å². The number of hydrogen-bond acceptors (Lipinski definition) is 4. The third-order valence-electron chi connectivity index (χ3n) is 4.73. The average molecular weight is 403 g/mol. The molecule has 0 unspecified atom stereocenters. The van der Waals surface area contributed by atoms with Gasteiger partial charge in [0.1, 0.15) is 5.75 Å². The van der Waals surface area contributed by atoms with E-state index >= 15 is 0 Å². The van der Waals surface area contributed by atoms with Gasteiger partial charge in [-0.1, -0.05) is 44.2 Å². The molecule has 0 aliphatic carbocycles. The molecule has 5 nitrogen and oxygen atoms in total. The molecule has 0 amide bonds. The standard InChI is InChI=1S/C22H28NO4S/c1-17(2)15-23(16-20(24)9-8-18-6-4-3-5-7-18)28(25,26)21-10-11-22-19(14-21)12-13-27-22/h3-7,9-11,14,17,20,24H,8,12-13,15-16H2,1-2H3/t20-/m1/s1. The molecule has 1 aliphatic rings. The second-order valence-corrected chi connectivity index (χ2v) is 9.51. The monoisotopic (exact) mass is 402 g/mol. The summed E-state index contributed by atoms with van der Waals surface area (Å²) in [6.45, 7) is 4.92. The molecule has 28 heavy (non-hydrogen) atoms. The minimum atomic E-state index is -3.70. The molecule has 0 saturated heterocycles. The summed E-state index contributed by atoms with van der Waals surface area (Å²) in [6, 6.07) is 14.8. The van der Waals surface area contributed by atoms with Crippen molar-refractivity contribution in [1.82, 2.24) is 4.31 Å². The van der Waals surface area contributed by atoms with Gasteiger partial charge in [-0.25, -0.2) is 8.42 Å². The molecule has 2 aromatic carbocycles. The number of ether oxygens (including phenoxy) is 1. The van der Waals surface area contributed by atoms with Crippen LogP contribution in [-0.2, 0) is 22.9 Å². The Kier molecular flexibility index (Phi) is 6.75. The van der Waals surface area contributed by atoms with Gasteiger partial charge in [0, 0.05) is 19.5 Å². The molecule has 151 valence electrons. The van der Waals surface area contributed by atoms with Crippen LogP contribution >= 0.6 is 0 Å². The summed E-state index contributed by atoms with van der Waals surface area (Å²) < 4.78 is 33.3. The lowest BCUT2D eigenvalue weighted by molar-refractivity contribution is 0.167. The lowest BCUT2D eigenvalue weighted by atomic mass is 10.1. The largest absolute Gasteiger partial charge is 0.493 e. The molecule has 0 spiro atoms. The van der Waals surface area contributed by atoms with Gasteiger partial charge >= 0.3 is 0 Å². The van der Waals surface area contributed by atoms with Crippen molar-refractivity contribution in [3.8, 4) is 5.75 Å². The van der Waals surface area contributed by atoms with Crippen molar-refractivity contribution >= 4 is 10.0 Å². The molecule has 0 saturated carbocycles. The van der Waals surface area contributed by atoms with Gasteiger partial charge in [0.2, 0.25) is 10.0 Å². The Morgan fingerprint density at radius 2 is 1.89 bits per heavy atom. The third kappa shape index (κ3) is 5.13. The molecule has 0 aromatic heterocycles. The summed E-state index contributed by atoms with van der Waals surface area (Å²) >= 11 is 0. The second kappa shape index (κ2) is 9.07. The first kappa shape index (κ1) is 20.8. The highest BCUT2D eigenvalue weighted by Crippen LogP contribution is 2.29. The lowest BCUT2D eigenvalue weighted by Gasteiger charge is -2.26. The third-order valence-corrected chi connectivity index (χ3v) is 6.55. The summed E-state index contributed by atoms with van der Waals surface area (Å²) in [5.74, 6) is 0.902. The van der Waals surface area contributed by atoms with Gasteiger partial charge in [0.25, 0.3) is 0 Å². The summed E-state index contributed by atoms with van der Waals surface area (Å²) in [4.78, 5) is 0.257. The van der Waals surface area contributed by atoms with E-state index in [1.165, 1.54) is 4.31 Å². The summed E-state index contributed by atoms with van der Waals surface area (Å²) in [7, 11) is -3.70. The highest BCUT2D eigenvalue weighted by Gasteiger charge is 2.28. The molecule has 0 fully saturated rings. The first-order chi connectivity index (χ1) is 13.4. The zero-order valence-corrected chi connectivity index (χ0v) is 17.2. The van der Waals surface area contributed by atoms with Crippen molar-refractivity contribution in [1.29, 1.82) is 0 Å². The maximum atomic E-state index is 13.2. The zero-order chi connectivity index (χ0) is 20.1. The number of nitrogens with zero attached hydrogens (tertiary/aromatic N) is 1. The molecule has 1 radical (unpaired) electrons. The van der Waals surface area contributed by atoms with E-state index in [1.807, 2.05) is 44.2 Å². The van der Waals surface area contributed by atoms with Crippen LogP contribution in [0.4, 0.5) is 0 Å². The van der Waals surface area contributed by atoms with Gasteiger partial charge in [-0.05, 0) is 48.1 Å². The zero-order valence-electron chi connectivity index (χ0n) is 16.4. The topological polar surface area (TPSA) is 66.8 Å². The Balaban J connectivity index is 1.73. The van der Waals surface area contributed by atoms with Crippen LogP contribution in [0.1, 0.15) is 25.0 Å². The van der Waals surface area contributed by atoms with Gasteiger partial charge in [0.15, 0.2) is 0 Å². The van der Waals surface area contributed by atoms with E-state index in [2.05, 4.69) is 0 Å². The van der Waals surface area contributed by atoms with Crippen molar-refractivity contribution in [3.63, 3.8) is 0 Å². The number of fused-ring (bicyclic) bond motifs is 1. The maximum Gasteiger partial charge on any atom is 0.243 e. The van der Waals surface area contributed by atoms with Gasteiger partial charge in [0.05, 0.1) is 17.6 Å². The molecular formula is C22H28NO4S. The second-order valence-electron chi connectivity index (χ2n) is 7.58. The fourth-order valence-corrected chi connectivity index (χ4v) is 4.99. The normalized spacial score (nSPS) is 14.9. The molecule has 1 aliphatic heterocycles. The number of rotatable bonds is 9. The van der Waals surface area contributed by atoms with Crippen molar-refractivity contribution in [3.05, 3.63) is 66.1 Å². The lowest BCUT2D eigenvalue weighted by Crippen LogP contribution is -2.40. The molecule has 1 N–H and O–H groups in total.